The Labute approximate surface area is 113 Å². The third-order valence-corrected chi connectivity index (χ3v) is 3.14. The predicted molar refractivity (Wildman–Crippen MR) is 77.5 cm³/mol. The molecule has 0 unspecified atom stereocenters. The molecule has 0 heterocycles. The monoisotopic (exact) mass is 254 g/mol. The molecule has 0 fully saturated rings. The van der Waals surface area contributed by atoms with Crippen molar-refractivity contribution < 1.29 is 10.2 Å². The standard InChI is InChI=1S/C17H18O2/c18-14-17(19,16-11-5-2-6-12-16)13-7-10-15-8-3-1-4-9-15/h1-12,18-19H,13-14H2/b10-7+/t17-/m1/s1. The van der Waals surface area contributed by atoms with Gasteiger partial charge in [-0.3, -0.25) is 0 Å². The van der Waals surface area contributed by atoms with Crippen molar-refractivity contribution in [2.24, 2.45) is 0 Å². The summed E-state index contributed by atoms with van der Waals surface area (Å²) in [6.45, 7) is -0.295. The van der Waals surface area contributed by atoms with Gasteiger partial charge in [-0.05, 0) is 11.1 Å². The minimum atomic E-state index is -1.22. The van der Waals surface area contributed by atoms with Crippen LogP contribution in [0.2, 0.25) is 0 Å². The summed E-state index contributed by atoms with van der Waals surface area (Å²) >= 11 is 0. The van der Waals surface area contributed by atoms with Crippen molar-refractivity contribution in [1.82, 2.24) is 0 Å². The summed E-state index contributed by atoms with van der Waals surface area (Å²) in [4.78, 5) is 0. The second kappa shape index (κ2) is 6.32. The maximum absolute atomic E-state index is 10.5. The zero-order valence-electron chi connectivity index (χ0n) is 10.7. The van der Waals surface area contributed by atoms with Gasteiger partial charge in [-0.15, -0.1) is 0 Å². The molecular formula is C17H18O2. The molecular weight excluding hydrogens is 236 g/mol. The molecule has 0 aliphatic rings. The molecule has 0 aliphatic heterocycles. The van der Waals surface area contributed by atoms with E-state index in [0.717, 1.165) is 11.1 Å². The molecule has 2 nitrogen and oxygen atoms in total. The van der Waals surface area contributed by atoms with Crippen molar-refractivity contribution >= 4 is 6.08 Å². The fourth-order valence-electron chi connectivity index (χ4n) is 1.98. The summed E-state index contributed by atoms with van der Waals surface area (Å²) in [5, 5.41) is 19.9. The number of aliphatic hydroxyl groups excluding tert-OH is 1. The molecule has 1 atom stereocenters. The van der Waals surface area contributed by atoms with E-state index >= 15 is 0 Å². The minimum Gasteiger partial charge on any atom is -0.393 e. The van der Waals surface area contributed by atoms with Gasteiger partial charge in [0.05, 0.1) is 6.61 Å². The Hall–Kier alpha value is -1.90. The van der Waals surface area contributed by atoms with Crippen molar-refractivity contribution in [2.45, 2.75) is 12.0 Å². The molecule has 0 radical (unpaired) electrons. The highest BCUT2D eigenvalue weighted by Crippen LogP contribution is 2.25. The molecule has 19 heavy (non-hydrogen) atoms. The predicted octanol–water partition coefficient (Wildman–Crippen LogP) is 2.97. The third-order valence-electron chi connectivity index (χ3n) is 3.14. The van der Waals surface area contributed by atoms with Crippen LogP contribution in [0.25, 0.3) is 6.08 Å². The average Bonchev–Trinajstić information content (AvgIpc) is 2.49. The molecule has 0 aliphatic carbocycles. The first-order valence-corrected chi connectivity index (χ1v) is 6.35. The lowest BCUT2D eigenvalue weighted by Gasteiger charge is -2.24. The van der Waals surface area contributed by atoms with Crippen LogP contribution >= 0.6 is 0 Å². The van der Waals surface area contributed by atoms with Gasteiger partial charge in [0.15, 0.2) is 0 Å². The van der Waals surface area contributed by atoms with Gasteiger partial charge in [-0.1, -0.05) is 72.8 Å². The number of rotatable bonds is 5. The van der Waals surface area contributed by atoms with Crippen LogP contribution in [0.3, 0.4) is 0 Å². The highest BCUT2D eigenvalue weighted by Gasteiger charge is 2.26. The van der Waals surface area contributed by atoms with Gasteiger partial charge < -0.3 is 10.2 Å². The van der Waals surface area contributed by atoms with Crippen LogP contribution in [-0.4, -0.2) is 16.8 Å². The smallest absolute Gasteiger partial charge is 0.116 e. The summed E-state index contributed by atoms with van der Waals surface area (Å²) in [5.41, 5.74) is 0.595. The Kier molecular flexibility index (Phi) is 4.50. The maximum Gasteiger partial charge on any atom is 0.116 e. The number of benzene rings is 2. The molecule has 2 heteroatoms. The molecule has 0 amide bonds. The summed E-state index contributed by atoms with van der Waals surface area (Å²) in [6.07, 6.45) is 4.21. The van der Waals surface area contributed by atoms with Crippen molar-refractivity contribution in [3.8, 4) is 0 Å². The van der Waals surface area contributed by atoms with Crippen molar-refractivity contribution in [1.29, 1.82) is 0 Å². The Morgan fingerprint density at radius 2 is 1.47 bits per heavy atom. The third kappa shape index (κ3) is 3.53. The van der Waals surface area contributed by atoms with Crippen LogP contribution in [0.4, 0.5) is 0 Å². The molecule has 0 bridgehead atoms. The summed E-state index contributed by atoms with van der Waals surface area (Å²) in [5.74, 6) is 0. The van der Waals surface area contributed by atoms with E-state index in [4.69, 9.17) is 0 Å². The van der Waals surface area contributed by atoms with E-state index in [2.05, 4.69) is 0 Å². The summed E-state index contributed by atoms with van der Waals surface area (Å²) in [6, 6.07) is 19.2. The Balaban J connectivity index is 2.10. The molecule has 2 aromatic carbocycles. The van der Waals surface area contributed by atoms with E-state index in [0.29, 0.717) is 6.42 Å². The van der Waals surface area contributed by atoms with Gasteiger partial charge in [-0.25, -0.2) is 0 Å². The SMILES string of the molecule is OC[C@](O)(C/C=C/c1ccccc1)c1ccccc1. The molecule has 0 spiro atoms. The first-order chi connectivity index (χ1) is 9.24. The van der Waals surface area contributed by atoms with Gasteiger partial charge >= 0.3 is 0 Å². The molecule has 2 aromatic rings. The molecule has 2 N–H and O–H groups in total. The van der Waals surface area contributed by atoms with E-state index in [1.165, 1.54) is 0 Å². The van der Waals surface area contributed by atoms with Gasteiger partial charge in [-0.2, -0.15) is 0 Å². The normalized spacial score (nSPS) is 14.4. The van der Waals surface area contributed by atoms with Crippen LogP contribution in [0.15, 0.2) is 66.7 Å². The highest BCUT2D eigenvalue weighted by atomic mass is 16.3. The molecule has 0 saturated carbocycles. The maximum atomic E-state index is 10.5. The van der Waals surface area contributed by atoms with Crippen molar-refractivity contribution in [3.05, 3.63) is 77.9 Å². The lowest BCUT2D eigenvalue weighted by atomic mass is 9.91. The molecule has 98 valence electrons. The largest absolute Gasteiger partial charge is 0.393 e. The molecule has 0 saturated heterocycles. The Morgan fingerprint density at radius 3 is 2.05 bits per heavy atom. The van der Waals surface area contributed by atoms with E-state index in [-0.39, 0.29) is 6.61 Å². The first-order valence-electron chi connectivity index (χ1n) is 6.35. The zero-order valence-corrected chi connectivity index (χ0v) is 10.7. The number of hydrogen-bond donors (Lipinski definition) is 2. The summed E-state index contributed by atoms with van der Waals surface area (Å²) in [7, 11) is 0. The van der Waals surface area contributed by atoms with Crippen LogP contribution in [0.5, 0.6) is 0 Å². The number of hydrogen-bond acceptors (Lipinski definition) is 2. The Morgan fingerprint density at radius 1 is 0.895 bits per heavy atom. The second-order valence-electron chi connectivity index (χ2n) is 4.57. The minimum absolute atomic E-state index is 0.295. The average molecular weight is 254 g/mol. The van der Waals surface area contributed by atoms with E-state index in [1.54, 1.807) is 0 Å². The van der Waals surface area contributed by atoms with Crippen LogP contribution < -0.4 is 0 Å². The number of aliphatic hydroxyl groups is 2. The fraction of sp³-hybridized carbons (Fsp3) is 0.176. The quantitative estimate of drug-likeness (QED) is 0.861. The Bertz CT molecular complexity index is 519. The zero-order chi connectivity index (χ0) is 13.6. The lowest BCUT2D eigenvalue weighted by molar-refractivity contribution is -0.0163. The van der Waals surface area contributed by atoms with Crippen molar-refractivity contribution in [3.63, 3.8) is 0 Å². The highest BCUT2D eigenvalue weighted by molar-refractivity contribution is 5.49. The first kappa shape index (κ1) is 13.5. The second-order valence-corrected chi connectivity index (χ2v) is 4.57. The van der Waals surface area contributed by atoms with E-state index in [1.807, 2.05) is 72.8 Å². The summed E-state index contributed by atoms with van der Waals surface area (Å²) < 4.78 is 0. The van der Waals surface area contributed by atoms with Crippen molar-refractivity contribution in [2.75, 3.05) is 6.61 Å². The van der Waals surface area contributed by atoms with Gasteiger partial charge in [0.25, 0.3) is 0 Å². The van der Waals surface area contributed by atoms with Gasteiger partial charge in [0, 0.05) is 6.42 Å². The fourth-order valence-corrected chi connectivity index (χ4v) is 1.98. The van der Waals surface area contributed by atoms with Gasteiger partial charge in [0.1, 0.15) is 5.60 Å². The molecule has 2 rings (SSSR count). The lowest BCUT2D eigenvalue weighted by Crippen LogP contribution is -2.29. The van der Waals surface area contributed by atoms with Gasteiger partial charge in [0.2, 0.25) is 0 Å². The van der Waals surface area contributed by atoms with Crippen LogP contribution in [0.1, 0.15) is 17.5 Å². The molecule has 0 aromatic heterocycles. The topological polar surface area (TPSA) is 40.5 Å². The van der Waals surface area contributed by atoms with E-state index < -0.39 is 5.60 Å². The van der Waals surface area contributed by atoms with Crippen LogP contribution in [-0.2, 0) is 5.60 Å². The van der Waals surface area contributed by atoms with Crippen LogP contribution in [0, 0.1) is 0 Å². The van der Waals surface area contributed by atoms with E-state index in [9.17, 15) is 10.2 Å².